The van der Waals surface area contributed by atoms with Gasteiger partial charge in [-0.05, 0) is 50.3 Å². The zero-order valence-electron chi connectivity index (χ0n) is 16.5. The van der Waals surface area contributed by atoms with Crippen molar-refractivity contribution in [3.05, 3.63) is 51.9 Å². The minimum absolute atomic E-state index is 0.0603. The summed E-state index contributed by atoms with van der Waals surface area (Å²) in [7, 11) is 2.17. The zero-order chi connectivity index (χ0) is 19.3. The molecule has 1 N–H and O–H groups in total. The van der Waals surface area contributed by atoms with Gasteiger partial charge in [0.1, 0.15) is 5.82 Å². The molecule has 1 unspecified atom stereocenters. The van der Waals surface area contributed by atoms with E-state index in [0.29, 0.717) is 11.7 Å². The standard InChI is InChI=1S/C22H29N3O3/c1-25(14-16-7-10-27-11-8-16)15-17-4-2-5-18(12-17)22-23-19(13-21(26)24-22)20-6-3-9-28-20/h2,4-5,12-13,16,20H,3,6-11,14-15H2,1H3,(H,23,24,26). The van der Waals surface area contributed by atoms with Crippen molar-refractivity contribution in [3.63, 3.8) is 0 Å². The Morgan fingerprint density at radius 3 is 2.82 bits per heavy atom. The second kappa shape index (κ2) is 8.99. The molecular weight excluding hydrogens is 354 g/mol. The van der Waals surface area contributed by atoms with Crippen molar-refractivity contribution in [3.8, 4) is 11.4 Å². The van der Waals surface area contributed by atoms with Gasteiger partial charge in [-0.3, -0.25) is 4.79 Å². The van der Waals surface area contributed by atoms with E-state index in [-0.39, 0.29) is 11.7 Å². The highest BCUT2D eigenvalue weighted by atomic mass is 16.5. The van der Waals surface area contributed by atoms with Crippen LogP contribution in [0.25, 0.3) is 11.4 Å². The second-order valence-electron chi connectivity index (χ2n) is 7.97. The molecule has 28 heavy (non-hydrogen) atoms. The van der Waals surface area contributed by atoms with Gasteiger partial charge in [0, 0.05) is 44.5 Å². The molecule has 3 heterocycles. The fraction of sp³-hybridized carbons (Fsp3) is 0.545. The number of nitrogens with one attached hydrogen (secondary N) is 1. The van der Waals surface area contributed by atoms with Crippen LogP contribution >= 0.6 is 0 Å². The molecule has 2 fully saturated rings. The molecule has 6 heteroatoms. The summed E-state index contributed by atoms with van der Waals surface area (Å²) in [5.41, 5.74) is 2.77. The number of aromatic amines is 1. The Balaban J connectivity index is 1.48. The van der Waals surface area contributed by atoms with Crippen molar-refractivity contribution in [2.75, 3.05) is 33.4 Å². The van der Waals surface area contributed by atoms with Gasteiger partial charge in [0.15, 0.2) is 0 Å². The van der Waals surface area contributed by atoms with E-state index in [1.54, 1.807) is 6.07 Å². The molecule has 1 aromatic carbocycles. The fourth-order valence-corrected chi connectivity index (χ4v) is 4.15. The third-order valence-corrected chi connectivity index (χ3v) is 5.58. The average molecular weight is 383 g/mol. The van der Waals surface area contributed by atoms with E-state index in [0.717, 1.165) is 69.9 Å². The molecule has 0 bridgehead atoms. The van der Waals surface area contributed by atoms with Crippen LogP contribution in [-0.2, 0) is 16.0 Å². The van der Waals surface area contributed by atoms with Gasteiger partial charge < -0.3 is 19.4 Å². The molecule has 2 aromatic rings. The van der Waals surface area contributed by atoms with Gasteiger partial charge in [-0.15, -0.1) is 0 Å². The first-order valence-electron chi connectivity index (χ1n) is 10.3. The highest BCUT2D eigenvalue weighted by Crippen LogP contribution is 2.27. The van der Waals surface area contributed by atoms with E-state index >= 15 is 0 Å². The van der Waals surface area contributed by atoms with Gasteiger partial charge in [0.05, 0.1) is 11.8 Å². The molecule has 2 aliphatic rings. The summed E-state index contributed by atoms with van der Waals surface area (Å²) in [5, 5.41) is 0. The smallest absolute Gasteiger partial charge is 0.251 e. The third-order valence-electron chi connectivity index (χ3n) is 5.58. The number of H-pyrrole nitrogens is 1. The van der Waals surface area contributed by atoms with Gasteiger partial charge in [0.25, 0.3) is 5.56 Å². The Bertz CT molecular complexity index is 839. The molecule has 150 valence electrons. The quantitative estimate of drug-likeness (QED) is 0.830. The molecule has 0 spiro atoms. The highest BCUT2D eigenvalue weighted by Gasteiger charge is 2.20. The van der Waals surface area contributed by atoms with Crippen LogP contribution < -0.4 is 5.56 Å². The summed E-state index contributed by atoms with van der Waals surface area (Å²) in [4.78, 5) is 22.1. The number of hydrogen-bond acceptors (Lipinski definition) is 5. The molecule has 0 amide bonds. The molecule has 0 saturated carbocycles. The number of ether oxygens (including phenoxy) is 2. The topological polar surface area (TPSA) is 67.5 Å². The van der Waals surface area contributed by atoms with Crippen LogP contribution in [-0.4, -0.2) is 48.3 Å². The van der Waals surface area contributed by atoms with E-state index in [9.17, 15) is 4.79 Å². The monoisotopic (exact) mass is 383 g/mol. The van der Waals surface area contributed by atoms with Crippen molar-refractivity contribution in [2.24, 2.45) is 5.92 Å². The van der Waals surface area contributed by atoms with Crippen LogP contribution in [0.1, 0.15) is 43.0 Å². The van der Waals surface area contributed by atoms with E-state index in [4.69, 9.17) is 14.5 Å². The van der Waals surface area contributed by atoms with Gasteiger partial charge >= 0.3 is 0 Å². The number of hydrogen-bond donors (Lipinski definition) is 1. The largest absolute Gasteiger partial charge is 0.381 e. The Kier molecular flexibility index (Phi) is 6.20. The second-order valence-corrected chi connectivity index (χ2v) is 7.97. The lowest BCUT2D eigenvalue weighted by Gasteiger charge is -2.27. The Morgan fingerprint density at radius 2 is 2.04 bits per heavy atom. The molecule has 0 radical (unpaired) electrons. The fourth-order valence-electron chi connectivity index (χ4n) is 4.15. The lowest BCUT2D eigenvalue weighted by Crippen LogP contribution is -2.29. The lowest BCUT2D eigenvalue weighted by molar-refractivity contribution is 0.0549. The third kappa shape index (κ3) is 4.87. The minimum atomic E-state index is -0.127. The Labute approximate surface area is 165 Å². The maximum atomic E-state index is 12.2. The predicted molar refractivity (Wildman–Crippen MR) is 108 cm³/mol. The van der Waals surface area contributed by atoms with Gasteiger partial charge in [-0.1, -0.05) is 18.2 Å². The number of rotatable bonds is 6. The maximum absolute atomic E-state index is 12.2. The number of nitrogens with zero attached hydrogens (tertiary/aromatic N) is 2. The van der Waals surface area contributed by atoms with Crippen LogP contribution in [0.2, 0.25) is 0 Å². The van der Waals surface area contributed by atoms with Gasteiger partial charge in [-0.2, -0.15) is 0 Å². The molecular formula is C22H29N3O3. The van der Waals surface area contributed by atoms with E-state index in [1.165, 1.54) is 5.56 Å². The molecule has 1 aromatic heterocycles. The van der Waals surface area contributed by atoms with Crippen molar-refractivity contribution < 1.29 is 9.47 Å². The summed E-state index contributed by atoms with van der Waals surface area (Å²) < 4.78 is 11.2. The first-order chi connectivity index (χ1) is 13.7. The number of benzene rings is 1. The summed E-state index contributed by atoms with van der Waals surface area (Å²) in [6.45, 7) is 4.46. The van der Waals surface area contributed by atoms with E-state index < -0.39 is 0 Å². The van der Waals surface area contributed by atoms with Crippen LogP contribution in [0, 0.1) is 5.92 Å². The van der Waals surface area contributed by atoms with Crippen molar-refractivity contribution in [1.29, 1.82) is 0 Å². The maximum Gasteiger partial charge on any atom is 0.251 e. The van der Waals surface area contributed by atoms with E-state index in [1.807, 2.05) is 12.1 Å². The Hall–Kier alpha value is -2.02. The SMILES string of the molecule is CN(Cc1cccc(-c2nc(C3CCCO3)cc(=O)[nH]2)c1)CC1CCOCC1. The van der Waals surface area contributed by atoms with Crippen LogP contribution in [0.5, 0.6) is 0 Å². The lowest BCUT2D eigenvalue weighted by atomic mass is 9.99. The zero-order valence-corrected chi connectivity index (χ0v) is 16.5. The van der Waals surface area contributed by atoms with E-state index in [2.05, 4.69) is 29.1 Å². The first-order valence-corrected chi connectivity index (χ1v) is 10.3. The first kappa shape index (κ1) is 19.3. The number of aromatic nitrogens is 2. The summed E-state index contributed by atoms with van der Waals surface area (Å²) in [5.74, 6) is 1.33. The van der Waals surface area contributed by atoms with Crippen molar-refractivity contribution in [1.82, 2.24) is 14.9 Å². The highest BCUT2D eigenvalue weighted by molar-refractivity contribution is 5.56. The average Bonchev–Trinajstić information content (AvgIpc) is 3.23. The van der Waals surface area contributed by atoms with Crippen LogP contribution in [0.15, 0.2) is 35.1 Å². The molecule has 2 aliphatic heterocycles. The summed E-state index contributed by atoms with van der Waals surface area (Å²) in [6.07, 6.45) is 4.17. The molecule has 1 atom stereocenters. The summed E-state index contributed by atoms with van der Waals surface area (Å²) >= 11 is 0. The van der Waals surface area contributed by atoms with Crippen molar-refractivity contribution in [2.45, 2.75) is 38.3 Å². The normalized spacial score (nSPS) is 20.7. The summed E-state index contributed by atoms with van der Waals surface area (Å²) in [6, 6.07) is 9.85. The Morgan fingerprint density at radius 1 is 1.18 bits per heavy atom. The molecule has 0 aliphatic carbocycles. The predicted octanol–water partition coefficient (Wildman–Crippen LogP) is 3.15. The molecule has 4 rings (SSSR count). The van der Waals surface area contributed by atoms with Crippen LogP contribution in [0.4, 0.5) is 0 Å². The van der Waals surface area contributed by atoms with Crippen LogP contribution in [0.3, 0.4) is 0 Å². The van der Waals surface area contributed by atoms with Gasteiger partial charge in [-0.25, -0.2) is 4.98 Å². The van der Waals surface area contributed by atoms with Gasteiger partial charge in [0.2, 0.25) is 0 Å². The molecule has 2 saturated heterocycles. The minimum Gasteiger partial charge on any atom is -0.381 e. The van der Waals surface area contributed by atoms with Crippen molar-refractivity contribution >= 4 is 0 Å². The molecule has 6 nitrogen and oxygen atoms in total.